The Morgan fingerprint density at radius 1 is 1.24 bits per heavy atom. The summed E-state index contributed by atoms with van der Waals surface area (Å²) in [5, 5.41) is 32.0. The maximum Gasteiger partial charge on any atom is 0.315 e. The normalized spacial score (nSPS) is 10.3. The van der Waals surface area contributed by atoms with E-state index in [2.05, 4.69) is 5.32 Å². The van der Waals surface area contributed by atoms with E-state index in [0.717, 1.165) is 37.8 Å². The Balaban J connectivity index is 2.60. The first-order valence-electron chi connectivity index (χ1n) is 6.66. The average Bonchev–Trinajstić information content (AvgIpc) is 2.44. The van der Waals surface area contributed by atoms with Gasteiger partial charge in [-0.2, -0.15) is 0 Å². The molecule has 0 radical (unpaired) electrons. The molecular weight excluding hydrogens is 278 g/mol. The highest BCUT2D eigenvalue weighted by molar-refractivity contribution is 5.95. The van der Waals surface area contributed by atoms with E-state index in [9.17, 15) is 25.1 Å². The van der Waals surface area contributed by atoms with Gasteiger partial charge in [0.05, 0.1) is 10.5 Å². The maximum absolute atomic E-state index is 11.8. The fourth-order valence-corrected chi connectivity index (χ4v) is 1.80. The summed E-state index contributed by atoms with van der Waals surface area (Å²) in [6.07, 6.45) is 3.63. The number of rotatable bonds is 8. The lowest BCUT2D eigenvalue weighted by Gasteiger charge is -2.06. The van der Waals surface area contributed by atoms with E-state index in [1.54, 1.807) is 0 Å². The van der Waals surface area contributed by atoms with Crippen molar-refractivity contribution in [1.82, 2.24) is 5.32 Å². The van der Waals surface area contributed by atoms with Gasteiger partial charge in [0.1, 0.15) is 0 Å². The molecule has 0 aromatic heterocycles. The van der Waals surface area contributed by atoms with Crippen LogP contribution < -0.4 is 11.1 Å². The molecule has 0 saturated carbocycles. The molecule has 21 heavy (non-hydrogen) atoms. The highest BCUT2D eigenvalue weighted by Crippen LogP contribution is 2.35. The third kappa shape index (κ3) is 4.92. The van der Waals surface area contributed by atoms with Crippen LogP contribution in [0.4, 0.5) is 5.69 Å². The minimum atomic E-state index is -0.862. The molecular formula is C13H19N3O5. The Bertz CT molecular complexity index is 519. The number of phenols is 2. The van der Waals surface area contributed by atoms with Crippen LogP contribution in [0.15, 0.2) is 12.1 Å². The van der Waals surface area contributed by atoms with Gasteiger partial charge in [0.25, 0.3) is 5.91 Å². The predicted molar refractivity (Wildman–Crippen MR) is 76.3 cm³/mol. The average molecular weight is 297 g/mol. The summed E-state index contributed by atoms with van der Waals surface area (Å²) in [5.41, 5.74) is 4.59. The molecule has 0 aliphatic rings. The Hall–Kier alpha value is -2.35. The molecule has 0 unspecified atom stereocenters. The second-order valence-electron chi connectivity index (χ2n) is 4.58. The van der Waals surface area contributed by atoms with E-state index < -0.39 is 28.0 Å². The van der Waals surface area contributed by atoms with Crippen LogP contribution in [-0.2, 0) is 0 Å². The molecule has 1 aromatic carbocycles. The molecule has 1 aromatic rings. The zero-order valence-corrected chi connectivity index (χ0v) is 11.5. The quantitative estimate of drug-likeness (QED) is 0.246. The van der Waals surface area contributed by atoms with E-state index in [-0.39, 0.29) is 5.56 Å². The monoisotopic (exact) mass is 297 g/mol. The molecule has 0 bridgehead atoms. The number of nitro benzene ring substituents is 1. The number of benzene rings is 1. The lowest BCUT2D eigenvalue weighted by molar-refractivity contribution is -0.386. The number of carbonyl (C=O) groups excluding carboxylic acids is 1. The van der Waals surface area contributed by atoms with Crippen LogP contribution in [0.5, 0.6) is 11.5 Å². The number of phenolic OH excluding ortho intramolecular Hbond substituents is 2. The minimum absolute atomic E-state index is 0.0704. The first-order valence-corrected chi connectivity index (χ1v) is 6.66. The van der Waals surface area contributed by atoms with Crippen LogP contribution in [-0.4, -0.2) is 34.1 Å². The van der Waals surface area contributed by atoms with Crippen LogP contribution in [0.1, 0.15) is 36.0 Å². The van der Waals surface area contributed by atoms with Crippen molar-refractivity contribution in [3.05, 3.63) is 27.8 Å². The standard InChI is InChI=1S/C13H19N3O5/c14-5-3-1-2-4-6-15-13(19)9-7-10(16(20)21)12(18)11(17)8-9/h7-8,17-18H,1-6,14H2,(H,15,19). The molecule has 5 N–H and O–H groups in total. The summed E-state index contributed by atoms with van der Waals surface area (Å²) in [5.74, 6) is -2.08. The van der Waals surface area contributed by atoms with Crippen LogP contribution >= 0.6 is 0 Å². The summed E-state index contributed by atoms with van der Waals surface area (Å²) in [7, 11) is 0. The Morgan fingerprint density at radius 2 is 1.90 bits per heavy atom. The summed E-state index contributed by atoms with van der Waals surface area (Å²) in [6.45, 7) is 1.07. The summed E-state index contributed by atoms with van der Waals surface area (Å²) < 4.78 is 0. The van der Waals surface area contributed by atoms with E-state index >= 15 is 0 Å². The number of hydrogen-bond donors (Lipinski definition) is 4. The number of unbranched alkanes of at least 4 members (excludes halogenated alkanes) is 3. The summed E-state index contributed by atoms with van der Waals surface area (Å²) >= 11 is 0. The van der Waals surface area contributed by atoms with E-state index in [1.807, 2.05) is 0 Å². The van der Waals surface area contributed by atoms with E-state index in [1.165, 1.54) is 0 Å². The molecule has 0 fully saturated rings. The number of amides is 1. The largest absolute Gasteiger partial charge is 0.504 e. The first kappa shape index (κ1) is 16.7. The number of carbonyl (C=O) groups is 1. The van der Waals surface area contributed by atoms with E-state index in [4.69, 9.17) is 5.73 Å². The van der Waals surface area contributed by atoms with Gasteiger partial charge in [0, 0.05) is 12.6 Å². The second kappa shape index (κ2) is 8.05. The Kier molecular flexibility index (Phi) is 6.41. The highest BCUT2D eigenvalue weighted by atomic mass is 16.6. The van der Waals surface area contributed by atoms with Gasteiger partial charge >= 0.3 is 5.69 Å². The van der Waals surface area contributed by atoms with Crippen LogP contribution in [0.25, 0.3) is 0 Å². The van der Waals surface area contributed by atoms with Crippen LogP contribution in [0.2, 0.25) is 0 Å². The molecule has 0 saturated heterocycles. The fraction of sp³-hybridized carbons (Fsp3) is 0.462. The van der Waals surface area contributed by atoms with Crippen LogP contribution in [0, 0.1) is 10.1 Å². The van der Waals surface area contributed by atoms with Crippen molar-refractivity contribution in [2.75, 3.05) is 13.1 Å². The van der Waals surface area contributed by atoms with Gasteiger partial charge < -0.3 is 21.3 Å². The van der Waals surface area contributed by atoms with Gasteiger partial charge in [-0.25, -0.2) is 0 Å². The number of nitro groups is 1. The van der Waals surface area contributed by atoms with Crippen molar-refractivity contribution in [3.63, 3.8) is 0 Å². The van der Waals surface area contributed by atoms with Crippen molar-refractivity contribution < 1.29 is 19.9 Å². The second-order valence-corrected chi connectivity index (χ2v) is 4.58. The smallest absolute Gasteiger partial charge is 0.315 e. The molecule has 0 heterocycles. The molecule has 0 aliphatic heterocycles. The molecule has 0 atom stereocenters. The molecule has 116 valence electrons. The lowest BCUT2D eigenvalue weighted by atomic mass is 10.1. The molecule has 1 rings (SSSR count). The Labute approximate surface area is 121 Å². The molecule has 0 spiro atoms. The zero-order valence-electron chi connectivity index (χ0n) is 11.5. The maximum atomic E-state index is 11.8. The van der Waals surface area contributed by atoms with Crippen LogP contribution in [0.3, 0.4) is 0 Å². The summed E-state index contributed by atoms with van der Waals surface area (Å²) in [4.78, 5) is 21.7. The SMILES string of the molecule is NCCCCCCNC(=O)c1cc(O)c(O)c([N+](=O)[O-])c1. The molecule has 8 heteroatoms. The van der Waals surface area contributed by atoms with Crippen molar-refractivity contribution >= 4 is 11.6 Å². The predicted octanol–water partition coefficient (Wildman–Crippen LogP) is 1.25. The van der Waals surface area contributed by atoms with Crippen molar-refractivity contribution in [2.45, 2.75) is 25.7 Å². The zero-order chi connectivity index (χ0) is 15.8. The lowest BCUT2D eigenvalue weighted by Crippen LogP contribution is -2.24. The van der Waals surface area contributed by atoms with Crippen molar-refractivity contribution in [1.29, 1.82) is 0 Å². The van der Waals surface area contributed by atoms with Gasteiger partial charge in [-0.15, -0.1) is 0 Å². The number of aromatic hydroxyl groups is 2. The number of nitrogens with zero attached hydrogens (tertiary/aromatic N) is 1. The fourth-order valence-electron chi connectivity index (χ4n) is 1.80. The number of nitrogens with two attached hydrogens (primary N) is 1. The van der Waals surface area contributed by atoms with Crippen molar-refractivity contribution in [2.24, 2.45) is 5.73 Å². The third-order valence-corrected chi connectivity index (χ3v) is 2.95. The van der Waals surface area contributed by atoms with Crippen molar-refractivity contribution in [3.8, 4) is 11.5 Å². The topological polar surface area (TPSA) is 139 Å². The number of hydrogen-bond acceptors (Lipinski definition) is 6. The molecule has 1 amide bonds. The molecule has 8 nitrogen and oxygen atoms in total. The molecule has 0 aliphatic carbocycles. The van der Waals surface area contributed by atoms with Gasteiger partial charge in [-0.3, -0.25) is 14.9 Å². The minimum Gasteiger partial charge on any atom is -0.504 e. The highest BCUT2D eigenvalue weighted by Gasteiger charge is 2.21. The number of nitrogens with one attached hydrogen (secondary N) is 1. The third-order valence-electron chi connectivity index (χ3n) is 2.95. The van der Waals surface area contributed by atoms with Gasteiger partial charge in [0.15, 0.2) is 5.75 Å². The Morgan fingerprint density at radius 3 is 2.52 bits per heavy atom. The van der Waals surface area contributed by atoms with Gasteiger partial charge in [-0.1, -0.05) is 12.8 Å². The van der Waals surface area contributed by atoms with E-state index in [0.29, 0.717) is 13.1 Å². The van der Waals surface area contributed by atoms with Gasteiger partial charge in [-0.05, 0) is 25.5 Å². The summed E-state index contributed by atoms with van der Waals surface area (Å²) in [6, 6.07) is 1.92. The van der Waals surface area contributed by atoms with Gasteiger partial charge in [0.2, 0.25) is 5.75 Å². The first-order chi connectivity index (χ1) is 9.97.